The highest BCUT2D eigenvalue weighted by atomic mass is 79.9. The number of hydrogen-bond acceptors (Lipinski definition) is 2. The van der Waals surface area contributed by atoms with Gasteiger partial charge in [0.25, 0.3) is 5.91 Å². The molecule has 1 saturated heterocycles. The van der Waals surface area contributed by atoms with Gasteiger partial charge >= 0.3 is 0 Å². The van der Waals surface area contributed by atoms with Crippen LogP contribution in [0.15, 0.2) is 22.7 Å². The second-order valence-electron chi connectivity index (χ2n) is 4.96. The Morgan fingerprint density at radius 2 is 2.22 bits per heavy atom. The topological polar surface area (TPSA) is 20.3 Å². The van der Waals surface area contributed by atoms with E-state index >= 15 is 0 Å². The van der Waals surface area contributed by atoms with Gasteiger partial charge in [-0.05, 0) is 32.0 Å². The maximum atomic E-state index is 13.7. The van der Waals surface area contributed by atoms with Crippen molar-refractivity contribution in [2.24, 2.45) is 0 Å². The first kappa shape index (κ1) is 13.9. The highest BCUT2D eigenvalue weighted by Gasteiger charge is 2.31. The standard InChI is InChI=1S/C13H15BrFNOS/c1-13(2)8-16(5-6-18-13)12(17)10-7-9(14)3-4-11(10)15/h3-4,7H,5-6,8H2,1-2H3. The molecule has 1 amide bonds. The summed E-state index contributed by atoms with van der Waals surface area (Å²) in [4.78, 5) is 14.1. The second-order valence-corrected chi connectivity index (χ2v) is 7.68. The summed E-state index contributed by atoms with van der Waals surface area (Å²) in [5.41, 5.74) is 0.145. The van der Waals surface area contributed by atoms with Gasteiger partial charge in [0.2, 0.25) is 0 Å². The van der Waals surface area contributed by atoms with Gasteiger partial charge in [-0.3, -0.25) is 4.79 Å². The highest BCUT2D eigenvalue weighted by Crippen LogP contribution is 2.30. The molecule has 0 N–H and O–H groups in total. The second kappa shape index (κ2) is 5.21. The fourth-order valence-electron chi connectivity index (χ4n) is 2.02. The summed E-state index contributed by atoms with van der Waals surface area (Å²) < 4.78 is 14.5. The van der Waals surface area contributed by atoms with E-state index in [0.717, 1.165) is 10.2 Å². The normalized spacial score (nSPS) is 18.8. The largest absolute Gasteiger partial charge is 0.336 e. The Morgan fingerprint density at radius 1 is 1.50 bits per heavy atom. The average Bonchev–Trinajstić information content (AvgIpc) is 2.30. The van der Waals surface area contributed by atoms with Crippen molar-refractivity contribution < 1.29 is 9.18 Å². The summed E-state index contributed by atoms with van der Waals surface area (Å²) in [6.07, 6.45) is 0. The van der Waals surface area contributed by atoms with Gasteiger partial charge in [-0.25, -0.2) is 4.39 Å². The fraction of sp³-hybridized carbons (Fsp3) is 0.462. The molecule has 0 aliphatic carbocycles. The number of carbonyl (C=O) groups excluding carboxylic acids is 1. The van der Waals surface area contributed by atoms with Crippen LogP contribution < -0.4 is 0 Å². The molecule has 0 spiro atoms. The van der Waals surface area contributed by atoms with Crippen LogP contribution in [0.25, 0.3) is 0 Å². The Balaban J connectivity index is 2.23. The summed E-state index contributed by atoms with van der Waals surface area (Å²) in [6.45, 7) is 5.55. The fourth-order valence-corrected chi connectivity index (χ4v) is 3.49. The minimum Gasteiger partial charge on any atom is -0.336 e. The van der Waals surface area contributed by atoms with Crippen molar-refractivity contribution >= 4 is 33.6 Å². The molecule has 5 heteroatoms. The maximum Gasteiger partial charge on any atom is 0.256 e. The zero-order valence-corrected chi connectivity index (χ0v) is 12.8. The maximum absolute atomic E-state index is 13.7. The van der Waals surface area contributed by atoms with Crippen molar-refractivity contribution in [1.82, 2.24) is 4.90 Å². The van der Waals surface area contributed by atoms with Gasteiger partial charge < -0.3 is 4.90 Å². The molecular formula is C13H15BrFNOS. The van der Waals surface area contributed by atoms with Crippen molar-refractivity contribution in [2.45, 2.75) is 18.6 Å². The van der Waals surface area contributed by atoms with E-state index in [4.69, 9.17) is 0 Å². The Labute approximate surface area is 119 Å². The zero-order chi connectivity index (χ0) is 13.3. The summed E-state index contributed by atoms with van der Waals surface area (Å²) in [7, 11) is 0. The minimum atomic E-state index is -0.459. The number of carbonyl (C=O) groups is 1. The highest BCUT2D eigenvalue weighted by molar-refractivity contribution is 9.10. The first-order valence-electron chi connectivity index (χ1n) is 5.77. The summed E-state index contributed by atoms with van der Waals surface area (Å²) >= 11 is 5.12. The molecule has 1 heterocycles. The molecule has 0 atom stereocenters. The lowest BCUT2D eigenvalue weighted by Gasteiger charge is -2.37. The van der Waals surface area contributed by atoms with Crippen LogP contribution in [0.5, 0.6) is 0 Å². The molecule has 1 aliphatic heterocycles. The van der Waals surface area contributed by atoms with E-state index in [-0.39, 0.29) is 16.2 Å². The van der Waals surface area contributed by atoms with Crippen LogP contribution in [0.3, 0.4) is 0 Å². The van der Waals surface area contributed by atoms with Gasteiger partial charge in [0, 0.05) is 28.1 Å². The molecule has 2 nitrogen and oxygen atoms in total. The molecule has 0 saturated carbocycles. The molecule has 0 aromatic heterocycles. The Bertz CT molecular complexity index is 478. The van der Waals surface area contributed by atoms with E-state index in [1.165, 1.54) is 6.07 Å². The predicted molar refractivity (Wildman–Crippen MR) is 76.5 cm³/mol. The third-order valence-corrected chi connectivity index (χ3v) is 4.66. The van der Waals surface area contributed by atoms with Gasteiger partial charge in [-0.2, -0.15) is 11.8 Å². The molecule has 0 unspecified atom stereocenters. The molecule has 2 rings (SSSR count). The van der Waals surface area contributed by atoms with Crippen LogP contribution in [0.2, 0.25) is 0 Å². The average molecular weight is 332 g/mol. The number of hydrogen-bond donors (Lipinski definition) is 0. The predicted octanol–water partition coefficient (Wildman–Crippen LogP) is 3.56. The summed E-state index contributed by atoms with van der Waals surface area (Å²) in [6, 6.07) is 4.47. The van der Waals surface area contributed by atoms with E-state index < -0.39 is 5.82 Å². The van der Waals surface area contributed by atoms with Gasteiger partial charge in [0.15, 0.2) is 0 Å². The van der Waals surface area contributed by atoms with Crippen LogP contribution in [-0.2, 0) is 0 Å². The Morgan fingerprint density at radius 3 is 2.89 bits per heavy atom. The van der Waals surface area contributed by atoms with Crippen LogP contribution in [0, 0.1) is 5.82 Å². The monoisotopic (exact) mass is 331 g/mol. The van der Waals surface area contributed by atoms with Gasteiger partial charge in [-0.15, -0.1) is 0 Å². The molecule has 98 valence electrons. The first-order chi connectivity index (χ1) is 8.39. The van der Waals surface area contributed by atoms with Crippen molar-refractivity contribution in [1.29, 1.82) is 0 Å². The Hall–Kier alpha value is -0.550. The minimum absolute atomic E-state index is 0.0381. The third kappa shape index (κ3) is 3.06. The molecule has 0 radical (unpaired) electrons. The van der Waals surface area contributed by atoms with E-state index in [2.05, 4.69) is 29.8 Å². The molecule has 1 aromatic rings. The lowest BCUT2D eigenvalue weighted by molar-refractivity contribution is 0.0743. The Kier molecular flexibility index (Phi) is 4.02. The van der Waals surface area contributed by atoms with E-state index in [0.29, 0.717) is 13.1 Å². The quantitative estimate of drug-likeness (QED) is 0.784. The molecular weight excluding hydrogens is 317 g/mol. The first-order valence-corrected chi connectivity index (χ1v) is 7.55. The van der Waals surface area contributed by atoms with Gasteiger partial charge in [0.1, 0.15) is 5.82 Å². The van der Waals surface area contributed by atoms with Gasteiger partial charge in [0.05, 0.1) is 5.56 Å². The molecule has 0 bridgehead atoms. The lowest BCUT2D eigenvalue weighted by atomic mass is 10.1. The smallest absolute Gasteiger partial charge is 0.256 e. The number of nitrogens with zero attached hydrogens (tertiary/aromatic N) is 1. The van der Waals surface area contributed by atoms with Crippen LogP contribution in [-0.4, -0.2) is 34.4 Å². The van der Waals surface area contributed by atoms with Crippen molar-refractivity contribution in [3.05, 3.63) is 34.1 Å². The molecule has 18 heavy (non-hydrogen) atoms. The zero-order valence-electron chi connectivity index (χ0n) is 10.4. The van der Waals surface area contributed by atoms with Crippen LogP contribution in [0.4, 0.5) is 4.39 Å². The van der Waals surface area contributed by atoms with Gasteiger partial charge in [-0.1, -0.05) is 15.9 Å². The number of rotatable bonds is 1. The van der Waals surface area contributed by atoms with Crippen molar-refractivity contribution in [3.63, 3.8) is 0 Å². The number of amides is 1. The van der Waals surface area contributed by atoms with E-state index in [1.54, 1.807) is 17.0 Å². The molecule has 1 fully saturated rings. The van der Waals surface area contributed by atoms with Crippen LogP contribution >= 0.6 is 27.7 Å². The summed E-state index contributed by atoms with van der Waals surface area (Å²) in [5.74, 6) is 0.218. The van der Waals surface area contributed by atoms with E-state index in [1.807, 2.05) is 11.8 Å². The van der Waals surface area contributed by atoms with E-state index in [9.17, 15) is 9.18 Å². The number of benzene rings is 1. The van der Waals surface area contributed by atoms with Crippen molar-refractivity contribution in [2.75, 3.05) is 18.8 Å². The van der Waals surface area contributed by atoms with Crippen molar-refractivity contribution in [3.8, 4) is 0 Å². The molecule has 1 aliphatic rings. The lowest BCUT2D eigenvalue weighted by Crippen LogP contribution is -2.46. The number of thioether (sulfide) groups is 1. The van der Waals surface area contributed by atoms with Crippen LogP contribution in [0.1, 0.15) is 24.2 Å². The summed E-state index contributed by atoms with van der Waals surface area (Å²) in [5, 5.41) is 0. The number of halogens is 2. The third-order valence-electron chi connectivity index (χ3n) is 2.87. The molecule has 1 aromatic carbocycles. The SMILES string of the molecule is CC1(C)CN(C(=O)c2cc(Br)ccc2F)CCS1.